The number of methoxy groups -OCH3 is 1. The average molecular weight is 300 g/mol. The van der Waals surface area contributed by atoms with Crippen LogP contribution in [-0.2, 0) is 4.74 Å². The third-order valence-electron chi connectivity index (χ3n) is 3.13. The maximum Gasteiger partial charge on any atom is 0.133 e. The monoisotopic (exact) mass is 299 g/mol. The molecule has 0 amide bonds. The van der Waals surface area contributed by atoms with Crippen molar-refractivity contribution in [1.82, 2.24) is 9.97 Å². The summed E-state index contributed by atoms with van der Waals surface area (Å²) in [5.74, 6) is 2.54. The number of aromatic nitrogens is 2. The average Bonchev–Trinajstić information content (AvgIpc) is 2.29. The van der Waals surface area contributed by atoms with Gasteiger partial charge in [-0.3, -0.25) is 0 Å². The smallest absolute Gasteiger partial charge is 0.133 e. The highest BCUT2D eigenvalue weighted by Crippen LogP contribution is 2.23. The quantitative estimate of drug-likeness (QED) is 0.804. The second kappa shape index (κ2) is 5.78. The van der Waals surface area contributed by atoms with Gasteiger partial charge in [0.25, 0.3) is 0 Å². The highest BCUT2D eigenvalue weighted by molar-refractivity contribution is 9.10. The van der Waals surface area contributed by atoms with E-state index < -0.39 is 0 Å². The van der Waals surface area contributed by atoms with Crippen molar-refractivity contribution < 1.29 is 4.74 Å². The fourth-order valence-corrected chi connectivity index (χ4v) is 2.70. The van der Waals surface area contributed by atoms with Crippen molar-refractivity contribution in [2.45, 2.75) is 19.8 Å². The maximum absolute atomic E-state index is 5.21. The van der Waals surface area contributed by atoms with Gasteiger partial charge < -0.3 is 9.64 Å². The SMILES string of the molecule is COCC1CCN(c2cc(Br)nc(C)n2)CC1. The van der Waals surface area contributed by atoms with Gasteiger partial charge in [-0.25, -0.2) is 9.97 Å². The van der Waals surface area contributed by atoms with Crippen LogP contribution in [0.25, 0.3) is 0 Å². The summed E-state index contributed by atoms with van der Waals surface area (Å²) in [6.45, 7) is 4.90. The number of anilines is 1. The molecule has 0 spiro atoms. The van der Waals surface area contributed by atoms with E-state index in [-0.39, 0.29) is 0 Å². The number of nitrogens with zero attached hydrogens (tertiary/aromatic N) is 3. The highest BCUT2D eigenvalue weighted by atomic mass is 79.9. The van der Waals surface area contributed by atoms with Crippen molar-refractivity contribution in [2.75, 3.05) is 31.7 Å². The summed E-state index contributed by atoms with van der Waals surface area (Å²) in [6, 6.07) is 1.99. The molecule has 1 aromatic heterocycles. The second-order valence-corrected chi connectivity index (χ2v) is 5.29. The lowest BCUT2D eigenvalue weighted by Gasteiger charge is -2.32. The maximum atomic E-state index is 5.21. The molecule has 2 heterocycles. The first kappa shape index (κ1) is 12.8. The fourth-order valence-electron chi connectivity index (χ4n) is 2.24. The van der Waals surface area contributed by atoms with Gasteiger partial charge in [0.05, 0.1) is 0 Å². The number of hydrogen-bond donors (Lipinski definition) is 0. The Balaban J connectivity index is 2.00. The van der Waals surface area contributed by atoms with E-state index in [1.807, 2.05) is 13.0 Å². The minimum atomic E-state index is 0.697. The van der Waals surface area contributed by atoms with Crippen LogP contribution in [0, 0.1) is 12.8 Å². The summed E-state index contributed by atoms with van der Waals surface area (Å²) in [4.78, 5) is 11.0. The van der Waals surface area contributed by atoms with E-state index >= 15 is 0 Å². The van der Waals surface area contributed by atoms with Crippen LogP contribution in [0.15, 0.2) is 10.7 Å². The van der Waals surface area contributed by atoms with E-state index in [1.54, 1.807) is 7.11 Å². The van der Waals surface area contributed by atoms with Gasteiger partial charge in [-0.15, -0.1) is 0 Å². The topological polar surface area (TPSA) is 38.2 Å². The van der Waals surface area contributed by atoms with Crippen LogP contribution in [0.5, 0.6) is 0 Å². The molecule has 1 aromatic rings. The molecule has 5 heteroatoms. The molecule has 1 saturated heterocycles. The van der Waals surface area contributed by atoms with Gasteiger partial charge in [-0.1, -0.05) is 0 Å². The predicted molar refractivity (Wildman–Crippen MR) is 71.3 cm³/mol. The highest BCUT2D eigenvalue weighted by Gasteiger charge is 2.20. The Morgan fingerprint density at radius 2 is 2.12 bits per heavy atom. The molecule has 0 aliphatic carbocycles. The van der Waals surface area contributed by atoms with Crippen molar-refractivity contribution >= 4 is 21.7 Å². The summed E-state index contributed by atoms with van der Waals surface area (Å²) in [5, 5.41) is 0. The summed E-state index contributed by atoms with van der Waals surface area (Å²) in [6.07, 6.45) is 2.35. The van der Waals surface area contributed by atoms with Gasteiger partial charge >= 0.3 is 0 Å². The Labute approximate surface area is 111 Å². The first-order chi connectivity index (χ1) is 8.19. The Hall–Kier alpha value is -0.680. The largest absolute Gasteiger partial charge is 0.384 e. The lowest BCUT2D eigenvalue weighted by atomic mass is 9.98. The third kappa shape index (κ3) is 3.39. The molecule has 0 bridgehead atoms. The Kier molecular flexibility index (Phi) is 4.34. The molecule has 0 saturated carbocycles. The zero-order chi connectivity index (χ0) is 12.3. The van der Waals surface area contributed by atoms with Crippen LogP contribution in [0.4, 0.5) is 5.82 Å². The molecule has 2 rings (SSSR count). The van der Waals surface area contributed by atoms with Crippen LogP contribution in [0.3, 0.4) is 0 Å². The molecule has 0 aromatic carbocycles. The van der Waals surface area contributed by atoms with E-state index in [0.29, 0.717) is 5.92 Å². The van der Waals surface area contributed by atoms with Gasteiger partial charge in [0.15, 0.2) is 0 Å². The van der Waals surface area contributed by atoms with E-state index in [4.69, 9.17) is 4.74 Å². The van der Waals surface area contributed by atoms with Gasteiger partial charge in [0.1, 0.15) is 16.2 Å². The Morgan fingerprint density at radius 1 is 1.41 bits per heavy atom. The predicted octanol–water partition coefficient (Wildman–Crippen LogP) is 2.41. The van der Waals surface area contributed by atoms with E-state index in [2.05, 4.69) is 30.8 Å². The molecule has 1 fully saturated rings. The van der Waals surface area contributed by atoms with E-state index in [9.17, 15) is 0 Å². The van der Waals surface area contributed by atoms with Crippen molar-refractivity contribution in [2.24, 2.45) is 5.92 Å². The lowest BCUT2D eigenvalue weighted by Crippen LogP contribution is -2.35. The molecule has 0 N–H and O–H groups in total. The molecule has 17 heavy (non-hydrogen) atoms. The minimum Gasteiger partial charge on any atom is -0.384 e. The zero-order valence-corrected chi connectivity index (χ0v) is 11.9. The number of aryl methyl sites for hydroxylation is 1. The molecule has 94 valence electrons. The summed E-state index contributed by atoms with van der Waals surface area (Å²) in [5.41, 5.74) is 0. The molecule has 0 unspecified atom stereocenters. The normalized spacial score (nSPS) is 17.5. The molecule has 0 atom stereocenters. The summed E-state index contributed by atoms with van der Waals surface area (Å²) in [7, 11) is 1.78. The van der Waals surface area contributed by atoms with Crippen LogP contribution in [0.2, 0.25) is 0 Å². The molecule has 1 aliphatic heterocycles. The lowest BCUT2D eigenvalue weighted by molar-refractivity contribution is 0.139. The Bertz CT molecular complexity index is 358. The standard InChI is InChI=1S/C12H18BrN3O/c1-9-14-11(13)7-12(15-9)16-5-3-10(4-6-16)8-17-2/h7,10H,3-6,8H2,1-2H3. The van der Waals surface area contributed by atoms with Gasteiger partial charge in [-0.2, -0.15) is 0 Å². The number of halogens is 1. The van der Waals surface area contributed by atoms with Crippen LogP contribution in [-0.4, -0.2) is 36.8 Å². The number of ether oxygens (including phenoxy) is 1. The van der Waals surface area contributed by atoms with Crippen LogP contribution >= 0.6 is 15.9 Å². The first-order valence-corrected chi connectivity index (χ1v) is 6.73. The minimum absolute atomic E-state index is 0.697. The molecule has 1 aliphatic rings. The van der Waals surface area contributed by atoms with Gasteiger partial charge in [0, 0.05) is 32.9 Å². The van der Waals surface area contributed by atoms with Crippen molar-refractivity contribution in [1.29, 1.82) is 0 Å². The van der Waals surface area contributed by atoms with Crippen LogP contribution in [0.1, 0.15) is 18.7 Å². The number of hydrogen-bond acceptors (Lipinski definition) is 4. The second-order valence-electron chi connectivity index (χ2n) is 4.48. The first-order valence-electron chi connectivity index (χ1n) is 5.94. The van der Waals surface area contributed by atoms with Crippen molar-refractivity contribution in [3.05, 3.63) is 16.5 Å². The molecular weight excluding hydrogens is 282 g/mol. The van der Waals surface area contributed by atoms with Crippen LogP contribution < -0.4 is 4.90 Å². The van der Waals surface area contributed by atoms with E-state index in [0.717, 1.165) is 35.9 Å². The van der Waals surface area contributed by atoms with Gasteiger partial charge in [-0.05, 0) is 41.6 Å². The van der Waals surface area contributed by atoms with Crippen molar-refractivity contribution in [3.63, 3.8) is 0 Å². The summed E-state index contributed by atoms with van der Waals surface area (Å²) < 4.78 is 6.07. The number of piperidine rings is 1. The summed E-state index contributed by atoms with van der Waals surface area (Å²) >= 11 is 3.42. The molecule has 0 radical (unpaired) electrons. The molecule has 4 nitrogen and oxygen atoms in total. The zero-order valence-electron chi connectivity index (χ0n) is 10.3. The van der Waals surface area contributed by atoms with E-state index in [1.165, 1.54) is 12.8 Å². The Morgan fingerprint density at radius 3 is 2.71 bits per heavy atom. The third-order valence-corrected chi connectivity index (χ3v) is 3.54. The van der Waals surface area contributed by atoms with Crippen molar-refractivity contribution in [3.8, 4) is 0 Å². The fraction of sp³-hybridized carbons (Fsp3) is 0.667. The van der Waals surface area contributed by atoms with Gasteiger partial charge in [0.2, 0.25) is 0 Å². The molecular formula is C12H18BrN3O. The number of rotatable bonds is 3.